The lowest BCUT2D eigenvalue weighted by Gasteiger charge is -2.25. The fourth-order valence-corrected chi connectivity index (χ4v) is 6.30. The van der Waals surface area contributed by atoms with Gasteiger partial charge in [-0.05, 0) is 18.7 Å². The Kier molecular flexibility index (Phi) is 11.5. The van der Waals surface area contributed by atoms with Crippen molar-refractivity contribution in [1.82, 2.24) is 0 Å². The SMILES string of the molecule is C=C[Si](CC=NCCCCCC)(CCC)CCC. The maximum absolute atomic E-state index is 4.60. The van der Waals surface area contributed by atoms with Gasteiger partial charge in [-0.1, -0.05) is 65.0 Å². The second-order valence-corrected chi connectivity index (χ2v) is 9.96. The molecule has 0 radical (unpaired) electrons. The number of hydrogen-bond donors (Lipinski definition) is 0. The highest BCUT2D eigenvalue weighted by molar-refractivity contribution is 6.86. The highest BCUT2D eigenvalue weighted by Crippen LogP contribution is 2.24. The molecule has 0 aliphatic carbocycles. The van der Waals surface area contributed by atoms with Crippen molar-refractivity contribution >= 4 is 14.3 Å². The topological polar surface area (TPSA) is 12.4 Å². The molecule has 0 unspecified atom stereocenters. The van der Waals surface area contributed by atoms with Crippen molar-refractivity contribution in [2.24, 2.45) is 4.99 Å². The Labute approximate surface area is 116 Å². The molecule has 18 heavy (non-hydrogen) atoms. The van der Waals surface area contributed by atoms with Crippen LogP contribution in [0.3, 0.4) is 0 Å². The van der Waals surface area contributed by atoms with E-state index in [1.165, 1.54) is 56.7 Å². The Bertz CT molecular complexity index is 217. The van der Waals surface area contributed by atoms with Gasteiger partial charge in [0.25, 0.3) is 0 Å². The highest BCUT2D eigenvalue weighted by atomic mass is 28.3. The third-order valence-electron chi connectivity index (χ3n) is 3.70. The maximum Gasteiger partial charge on any atom is 0.0822 e. The third kappa shape index (κ3) is 7.86. The highest BCUT2D eigenvalue weighted by Gasteiger charge is 2.25. The van der Waals surface area contributed by atoms with E-state index in [1.807, 2.05) is 0 Å². The molecule has 106 valence electrons. The van der Waals surface area contributed by atoms with Gasteiger partial charge in [-0.15, -0.1) is 12.3 Å². The van der Waals surface area contributed by atoms with Gasteiger partial charge in [-0.25, -0.2) is 0 Å². The van der Waals surface area contributed by atoms with Crippen molar-refractivity contribution in [3.05, 3.63) is 12.3 Å². The van der Waals surface area contributed by atoms with Crippen molar-refractivity contribution in [2.45, 2.75) is 77.4 Å². The zero-order valence-electron chi connectivity index (χ0n) is 12.9. The van der Waals surface area contributed by atoms with Crippen molar-refractivity contribution in [3.63, 3.8) is 0 Å². The smallest absolute Gasteiger partial charge is 0.0822 e. The minimum Gasteiger partial charge on any atom is -0.298 e. The summed E-state index contributed by atoms with van der Waals surface area (Å²) in [5.74, 6) is 0. The van der Waals surface area contributed by atoms with E-state index in [-0.39, 0.29) is 0 Å². The van der Waals surface area contributed by atoms with Gasteiger partial charge in [0.1, 0.15) is 0 Å². The van der Waals surface area contributed by atoms with Crippen LogP contribution in [0.5, 0.6) is 0 Å². The molecule has 0 heterocycles. The van der Waals surface area contributed by atoms with E-state index in [1.54, 1.807) is 0 Å². The Morgan fingerprint density at radius 3 is 2.11 bits per heavy atom. The molecule has 2 heteroatoms. The molecule has 0 saturated heterocycles. The number of unbranched alkanes of at least 4 members (excludes halogenated alkanes) is 3. The van der Waals surface area contributed by atoms with Crippen molar-refractivity contribution in [2.75, 3.05) is 6.54 Å². The van der Waals surface area contributed by atoms with E-state index < -0.39 is 8.07 Å². The molecule has 0 N–H and O–H groups in total. The largest absolute Gasteiger partial charge is 0.298 e. The van der Waals surface area contributed by atoms with E-state index >= 15 is 0 Å². The molecule has 0 aromatic heterocycles. The van der Waals surface area contributed by atoms with E-state index in [0.29, 0.717) is 0 Å². The lowest BCUT2D eigenvalue weighted by Crippen LogP contribution is -2.31. The first-order chi connectivity index (χ1) is 8.74. The zero-order chi connectivity index (χ0) is 13.7. The zero-order valence-corrected chi connectivity index (χ0v) is 13.9. The monoisotopic (exact) mass is 267 g/mol. The predicted octanol–water partition coefficient (Wildman–Crippen LogP) is 5.63. The summed E-state index contributed by atoms with van der Waals surface area (Å²) in [6.07, 6.45) is 10.1. The van der Waals surface area contributed by atoms with Crippen LogP contribution in [-0.4, -0.2) is 20.8 Å². The van der Waals surface area contributed by atoms with Gasteiger partial charge in [-0.3, -0.25) is 4.99 Å². The minimum absolute atomic E-state index is 1.03. The standard InChI is InChI=1S/C16H33NSi/c1-5-9-10-11-12-17-13-16-18(8-4,14-6-2)15-7-3/h8,13H,4-7,9-12,14-16H2,1-3H3. The minimum atomic E-state index is -1.23. The molecular weight excluding hydrogens is 234 g/mol. The second-order valence-electron chi connectivity index (χ2n) is 5.42. The van der Waals surface area contributed by atoms with Crippen LogP contribution < -0.4 is 0 Å². The van der Waals surface area contributed by atoms with Gasteiger partial charge in [0, 0.05) is 6.54 Å². The van der Waals surface area contributed by atoms with Gasteiger partial charge >= 0.3 is 0 Å². The van der Waals surface area contributed by atoms with Crippen molar-refractivity contribution in [3.8, 4) is 0 Å². The summed E-state index contributed by atoms with van der Waals surface area (Å²) in [4.78, 5) is 4.60. The average molecular weight is 268 g/mol. The molecular formula is C16H33NSi. The Balaban J connectivity index is 4.01. The first kappa shape index (κ1) is 17.6. The van der Waals surface area contributed by atoms with Crippen LogP contribution >= 0.6 is 0 Å². The van der Waals surface area contributed by atoms with E-state index in [9.17, 15) is 0 Å². The molecule has 0 atom stereocenters. The Morgan fingerprint density at radius 1 is 0.944 bits per heavy atom. The number of hydrogen-bond acceptors (Lipinski definition) is 1. The molecule has 0 saturated carbocycles. The van der Waals surface area contributed by atoms with E-state index in [4.69, 9.17) is 0 Å². The van der Waals surface area contributed by atoms with Crippen LogP contribution in [0, 0.1) is 0 Å². The van der Waals surface area contributed by atoms with Crippen LogP contribution in [0.1, 0.15) is 59.3 Å². The molecule has 0 amide bonds. The lowest BCUT2D eigenvalue weighted by atomic mass is 10.2. The summed E-state index contributed by atoms with van der Waals surface area (Å²) in [5.41, 5.74) is 2.31. The number of nitrogens with zero attached hydrogens (tertiary/aromatic N) is 1. The molecule has 0 fully saturated rings. The van der Waals surface area contributed by atoms with Crippen molar-refractivity contribution in [1.29, 1.82) is 0 Å². The normalized spacial score (nSPS) is 12.2. The number of aliphatic imine (C=N–C) groups is 1. The quantitative estimate of drug-likeness (QED) is 0.247. The summed E-state index contributed by atoms with van der Waals surface area (Å²) in [7, 11) is -1.23. The van der Waals surface area contributed by atoms with Crippen LogP contribution in [0.25, 0.3) is 0 Å². The first-order valence-electron chi connectivity index (χ1n) is 7.86. The third-order valence-corrected chi connectivity index (χ3v) is 8.55. The van der Waals surface area contributed by atoms with Gasteiger partial charge in [0.05, 0.1) is 8.07 Å². The lowest BCUT2D eigenvalue weighted by molar-refractivity contribution is 0.675. The van der Waals surface area contributed by atoms with E-state index in [0.717, 1.165) is 6.54 Å². The molecule has 0 bridgehead atoms. The molecule has 0 rings (SSSR count). The molecule has 0 aromatic carbocycles. The van der Waals surface area contributed by atoms with Gasteiger partial charge in [-0.2, -0.15) is 0 Å². The number of rotatable bonds is 12. The summed E-state index contributed by atoms with van der Waals surface area (Å²) in [6.45, 7) is 12.0. The van der Waals surface area contributed by atoms with Gasteiger partial charge in [0.15, 0.2) is 0 Å². The fourth-order valence-electron chi connectivity index (χ4n) is 2.58. The van der Waals surface area contributed by atoms with E-state index in [2.05, 4.69) is 44.3 Å². The predicted molar refractivity (Wildman–Crippen MR) is 88.5 cm³/mol. The summed E-state index contributed by atoms with van der Waals surface area (Å²) in [5, 5.41) is 0. The van der Waals surface area contributed by atoms with Gasteiger partial charge in [0.2, 0.25) is 0 Å². The molecule has 0 aromatic rings. The summed E-state index contributed by atoms with van der Waals surface area (Å²) < 4.78 is 0. The molecule has 0 aliphatic heterocycles. The van der Waals surface area contributed by atoms with Crippen LogP contribution in [0.4, 0.5) is 0 Å². The fraction of sp³-hybridized carbons (Fsp3) is 0.812. The van der Waals surface area contributed by atoms with Crippen molar-refractivity contribution < 1.29 is 0 Å². The molecule has 1 nitrogen and oxygen atoms in total. The van der Waals surface area contributed by atoms with Crippen LogP contribution in [0.15, 0.2) is 17.3 Å². The average Bonchev–Trinajstić information content (AvgIpc) is 2.38. The summed E-state index contributed by atoms with van der Waals surface area (Å²) in [6, 6.07) is 3.98. The van der Waals surface area contributed by atoms with Crippen LogP contribution in [-0.2, 0) is 0 Å². The second kappa shape index (κ2) is 11.7. The molecule has 0 spiro atoms. The van der Waals surface area contributed by atoms with Crippen LogP contribution in [0.2, 0.25) is 18.1 Å². The summed E-state index contributed by atoms with van der Waals surface area (Å²) >= 11 is 0. The Hall–Kier alpha value is -0.373. The first-order valence-corrected chi connectivity index (χ1v) is 10.6. The Morgan fingerprint density at radius 2 is 1.61 bits per heavy atom. The maximum atomic E-state index is 4.60. The van der Waals surface area contributed by atoms with Gasteiger partial charge < -0.3 is 0 Å². The molecule has 0 aliphatic rings.